The van der Waals surface area contributed by atoms with Crippen molar-refractivity contribution in [1.29, 1.82) is 0 Å². The van der Waals surface area contributed by atoms with Crippen molar-refractivity contribution in [2.75, 3.05) is 5.73 Å². The zero-order valence-electron chi connectivity index (χ0n) is 12.2. The number of carboxylic acid groups (broad SMARTS) is 1. The van der Waals surface area contributed by atoms with Gasteiger partial charge in [0, 0.05) is 18.2 Å². The molecule has 1 saturated carbocycles. The van der Waals surface area contributed by atoms with Gasteiger partial charge in [0.25, 0.3) is 0 Å². The lowest BCUT2D eigenvalue weighted by atomic mass is 9.97. The van der Waals surface area contributed by atoms with Gasteiger partial charge in [0.05, 0.1) is 5.92 Å². The topological polar surface area (TPSA) is 92.4 Å². The molecule has 1 aliphatic rings. The molecule has 5 nitrogen and oxygen atoms in total. The lowest BCUT2D eigenvalue weighted by Crippen LogP contribution is -2.33. The van der Waals surface area contributed by atoms with Crippen LogP contribution in [0.25, 0.3) is 0 Å². The number of benzene rings is 1. The molecule has 1 fully saturated rings. The first-order chi connectivity index (χ1) is 9.95. The van der Waals surface area contributed by atoms with E-state index in [1.807, 2.05) is 31.2 Å². The fraction of sp³-hybridized carbons (Fsp3) is 0.500. The number of carboxylic acids is 1. The second kappa shape index (κ2) is 6.61. The number of carbonyl (C=O) groups is 2. The lowest BCUT2D eigenvalue weighted by Gasteiger charge is -2.16. The summed E-state index contributed by atoms with van der Waals surface area (Å²) in [5.41, 5.74) is 7.43. The largest absolute Gasteiger partial charge is 0.481 e. The standard InChI is InChI=1S/C16H22N2O3/c1-10(11-2-5-13(17)6-3-11)8-15(19)18-14-7-4-12(9-14)16(20)21/h2-3,5-6,10,12,14H,4,7-9,17H2,1H3,(H,18,19)(H,20,21). The molecule has 1 aromatic rings. The second-order valence-corrected chi connectivity index (χ2v) is 5.88. The Kier molecular flexibility index (Phi) is 4.83. The Morgan fingerprint density at radius 2 is 2.00 bits per heavy atom. The normalized spacial score (nSPS) is 22.7. The van der Waals surface area contributed by atoms with Gasteiger partial charge in [-0.2, -0.15) is 0 Å². The van der Waals surface area contributed by atoms with Crippen molar-refractivity contribution < 1.29 is 14.7 Å². The van der Waals surface area contributed by atoms with E-state index >= 15 is 0 Å². The van der Waals surface area contributed by atoms with Crippen LogP contribution in [0.3, 0.4) is 0 Å². The third-order valence-corrected chi connectivity index (χ3v) is 4.14. The molecule has 21 heavy (non-hydrogen) atoms. The van der Waals surface area contributed by atoms with Gasteiger partial charge < -0.3 is 16.2 Å². The average Bonchev–Trinajstić information content (AvgIpc) is 2.87. The number of nitrogens with one attached hydrogen (secondary N) is 1. The number of nitrogen functional groups attached to an aromatic ring is 1. The summed E-state index contributed by atoms with van der Waals surface area (Å²) in [6.45, 7) is 2.00. The number of hydrogen-bond acceptors (Lipinski definition) is 3. The molecule has 5 heteroatoms. The third-order valence-electron chi connectivity index (χ3n) is 4.14. The summed E-state index contributed by atoms with van der Waals surface area (Å²) >= 11 is 0. The number of amides is 1. The van der Waals surface area contributed by atoms with Crippen LogP contribution in [0.5, 0.6) is 0 Å². The van der Waals surface area contributed by atoms with E-state index < -0.39 is 5.97 Å². The van der Waals surface area contributed by atoms with Crippen molar-refractivity contribution >= 4 is 17.6 Å². The molecule has 1 aliphatic carbocycles. The maximum absolute atomic E-state index is 12.0. The van der Waals surface area contributed by atoms with Crippen LogP contribution >= 0.6 is 0 Å². The molecule has 0 saturated heterocycles. The molecule has 2 rings (SSSR count). The van der Waals surface area contributed by atoms with Gasteiger partial charge in [-0.25, -0.2) is 0 Å². The van der Waals surface area contributed by atoms with Crippen molar-refractivity contribution in [3.05, 3.63) is 29.8 Å². The highest BCUT2D eigenvalue weighted by atomic mass is 16.4. The summed E-state index contributed by atoms with van der Waals surface area (Å²) in [6.07, 6.45) is 2.34. The van der Waals surface area contributed by atoms with Crippen molar-refractivity contribution in [2.24, 2.45) is 5.92 Å². The number of hydrogen-bond donors (Lipinski definition) is 3. The summed E-state index contributed by atoms with van der Waals surface area (Å²) in [4.78, 5) is 22.9. The minimum atomic E-state index is -0.762. The highest BCUT2D eigenvalue weighted by molar-refractivity contribution is 5.77. The SMILES string of the molecule is CC(CC(=O)NC1CCC(C(=O)O)C1)c1ccc(N)cc1. The fourth-order valence-corrected chi connectivity index (χ4v) is 2.84. The molecular formula is C16H22N2O3. The summed E-state index contributed by atoms with van der Waals surface area (Å²) < 4.78 is 0. The zero-order valence-corrected chi connectivity index (χ0v) is 12.2. The van der Waals surface area contributed by atoms with Gasteiger partial charge in [-0.1, -0.05) is 19.1 Å². The van der Waals surface area contributed by atoms with E-state index in [4.69, 9.17) is 10.8 Å². The van der Waals surface area contributed by atoms with Crippen LogP contribution in [0.2, 0.25) is 0 Å². The minimum absolute atomic E-state index is 0.00258. The number of rotatable bonds is 5. The number of aliphatic carboxylic acids is 1. The first-order valence-electron chi connectivity index (χ1n) is 7.33. The summed E-state index contributed by atoms with van der Waals surface area (Å²) in [7, 11) is 0. The van der Waals surface area contributed by atoms with Gasteiger partial charge in [-0.15, -0.1) is 0 Å². The molecule has 0 spiro atoms. The summed E-state index contributed by atoms with van der Waals surface area (Å²) in [5.74, 6) is -0.982. The Labute approximate surface area is 124 Å². The van der Waals surface area contributed by atoms with Gasteiger partial charge >= 0.3 is 5.97 Å². The summed E-state index contributed by atoms with van der Waals surface area (Å²) in [5, 5.41) is 11.9. The van der Waals surface area contributed by atoms with Crippen molar-refractivity contribution in [3.8, 4) is 0 Å². The monoisotopic (exact) mass is 290 g/mol. The van der Waals surface area contributed by atoms with Crippen molar-refractivity contribution in [3.63, 3.8) is 0 Å². The molecule has 114 valence electrons. The van der Waals surface area contributed by atoms with Crippen molar-refractivity contribution in [1.82, 2.24) is 5.32 Å². The predicted octanol–water partition coefficient (Wildman–Crippen LogP) is 2.13. The maximum atomic E-state index is 12.0. The number of anilines is 1. The van der Waals surface area contributed by atoms with Crippen molar-refractivity contribution in [2.45, 2.75) is 44.6 Å². The van der Waals surface area contributed by atoms with Gasteiger partial charge in [0.1, 0.15) is 0 Å². The molecule has 3 unspecified atom stereocenters. The fourth-order valence-electron chi connectivity index (χ4n) is 2.84. The second-order valence-electron chi connectivity index (χ2n) is 5.88. The Morgan fingerprint density at radius 1 is 1.33 bits per heavy atom. The molecule has 1 aromatic carbocycles. The van der Waals surface area contributed by atoms with Crippen LogP contribution in [0, 0.1) is 5.92 Å². The molecule has 4 N–H and O–H groups in total. The van der Waals surface area contributed by atoms with E-state index in [1.165, 1.54) is 0 Å². The van der Waals surface area contributed by atoms with Crippen LogP contribution in [0.15, 0.2) is 24.3 Å². The lowest BCUT2D eigenvalue weighted by molar-refractivity contribution is -0.141. The molecule has 3 atom stereocenters. The molecular weight excluding hydrogens is 268 g/mol. The van der Waals surface area contributed by atoms with Gasteiger partial charge in [0.2, 0.25) is 5.91 Å². The molecule has 0 aliphatic heterocycles. The van der Waals surface area contributed by atoms with E-state index in [0.717, 1.165) is 12.0 Å². The average molecular weight is 290 g/mol. The Morgan fingerprint density at radius 3 is 2.57 bits per heavy atom. The van der Waals surface area contributed by atoms with Crippen LogP contribution in [0.4, 0.5) is 5.69 Å². The van der Waals surface area contributed by atoms with E-state index in [1.54, 1.807) is 0 Å². The zero-order chi connectivity index (χ0) is 15.4. The highest BCUT2D eigenvalue weighted by Gasteiger charge is 2.30. The Bertz CT molecular complexity index is 513. The van der Waals surface area contributed by atoms with Gasteiger partial charge in [-0.3, -0.25) is 9.59 Å². The van der Waals surface area contributed by atoms with Crippen LogP contribution < -0.4 is 11.1 Å². The molecule has 0 aromatic heterocycles. The van der Waals surface area contributed by atoms with Gasteiger partial charge in [-0.05, 0) is 42.9 Å². The highest BCUT2D eigenvalue weighted by Crippen LogP contribution is 2.26. The predicted molar refractivity (Wildman–Crippen MR) is 80.8 cm³/mol. The molecule has 0 radical (unpaired) electrons. The van der Waals surface area contributed by atoms with E-state index in [0.29, 0.717) is 24.9 Å². The summed E-state index contributed by atoms with van der Waals surface area (Å²) in [6, 6.07) is 7.53. The van der Waals surface area contributed by atoms with E-state index in [9.17, 15) is 9.59 Å². The first kappa shape index (κ1) is 15.4. The Balaban J connectivity index is 1.82. The molecule has 0 heterocycles. The van der Waals surface area contributed by atoms with Crippen LogP contribution in [0.1, 0.15) is 44.1 Å². The Hall–Kier alpha value is -2.04. The van der Waals surface area contributed by atoms with E-state index in [-0.39, 0.29) is 23.8 Å². The number of carbonyl (C=O) groups excluding carboxylic acids is 1. The van der Waals surface area contributed by atoms with Crippen LogP contribution in [-0.2, 0) is 9.59 Å². The molecule has 1 amide bonds. The number of nitrogens with two attached hydrogens (primary N) is 1. The smallest absolute Gasteiger partial charge is 0.306 e. The minimum Gasteiger partial charge on any atom is -0.481 e. The first-order valence-corrected chi connectivity index (χ1v) is 7.33. The maximum Gasteiger partial charge on any atom is 0.306 e. The van der Waals surface area contributed by atoms with E-state index in [2.05, 4.69) is 5.32 Å². The third kappa shape index (κ3) is 4.21. The molecule has 0 bridgehead atoms. The van der Waals surface area contributed by atoms with Crippen LogP contribution in [-0.4, -0.2) is 23.0 Å². The quantitative estimate of drug-likeness (QED) is 0.724. The van der Waals surface area contributed by atoms with Gasteiger partial charge in [0.15, 0.2) is 0 Å².